The van der Waals surface area contributed by atoms with Crippen molar-refractivity contribution in [2.75, 3.05) is 6.61 Å². The zero-order valence-electron chi connectivity index (χ0n) is 18.8. The lowest BCUT2D eigenvalue weighted by Gasteiger charge is -2.10. The van der Waals surface area contributed by atoms with E-state index in [2.05, 4.69) is 100 Å². The van der Waals surface area contributed by atoms with Gasteiger partial charge in [-0.25, -0.2) is 0 Å². The van der Waals surface area contributed by atoms with Gasteiger partial charge in [0.25, 0.3) is 0 Å². The lowest BCUT2D eigenvalue weighted by molar-refractivity contribution is 0.105. The normalized spacial score (nSPS) is 12.2. The van der Waals surface area contributed by atoms with Gasteiger partial charge in [0.15, 0.2) is 5.78 Å². The number of Topliss-reactive ketones (excluding diaryl/α,β-unsaturated/α-hetero) is 1. The summed E-state index contributed by atoms with van der Waals surface area (Å²) >= 11 is 4.24. The molecule has 2 nitrogen and oxygen atoms in total. The molecule has 0 radical (unpaired) electrons. The van der Waals surface area contributed by atoms with Crippen molar-refractivity contribution in [1.29, 1.82) is 0 Å². The first-order valence-corrected chi connectivity index (χ1v) is 17.2. The van der Waals surface area contributed by atoms with E-state index in [1.165, 1.54) is 16.7 Å². The minimum atomic E-state index is 0.0771. The number of hydrogen-bond donors (Lipinski definition) is 0. The molecule has 1 aliphatic rings. The van der Waals surface area contributed by atoms with E-state index in [4.69, 9.17) is 4.74 Å². The van der Waals surface area contributed by atoms with E-state index in [1.807, 2.05) is 24.3 Å². The molecular formula is C28H28I2O2. The third kappa shape index (κ3) is 5.81. The summed E-state index contributed by atoms with van der Waals surface area (Å²) in [6.07, 6.45) is 2.93. The molecule has 0 spiro atoms. The van der Waals surface area contributed by atoms with Crippen LogP contribution in [0.2, 0.25) is 0 Å². The summed E-state index contributed by atoms with van der Waals surface area (Å²) in [6.45, 7) is 7.04. The average molecular weight is 650 g/mol. The summed E-state index contributed by atoms with van der Waals surface area (Å²) in [5, 5.41) is 0. The molecule has 0 saturated heterocycles. The summed E-state index contributed by atoms with van der Waals surface area (Å²) in [7, 11) is 0. The van der Waals surface area contributed by atoms with Gasteiger partial charge in [-0.3, -0.25) is 4.79 Å². The van der Waals surface area contributed by atoms with Gasteiger partial charge in [-0.15, -0.1) is 0 Å². The van der Waals surface area contributed by atoms with Gasteiger partial charge in [-0.05, 0) is 73.2 Å². The van der Waals surface area contributed by atoms with E-state index in [0.29, 0.717) is 12.2 Å². The Kier molecular flexibility index (Phi) is 9.34. The average Bonchev–Trinajstić information content (AvgIpc) is 3.19. The largest absolute Gasteiger partial charge is 0.494 e. The molecular weight excluding hydrogens is 622 g/mol. The fraction of sp³-hybridized carbons (Fsp3) is 0.250. The van der Waals surface area contributed by atoms with Crippen LogP contribution in [0.15, 0.2) is 66.7 Å². The third-order valence-electron chi connectivity index (χ3n) is 5.71. The fourth-order valence-electron chi connectivity index (χ4n) is 4.00. The Morgan fingerprint density at radius 2 is 1.56 bits per heavy atom. The zero-order chi connectivity index (χ0) is 23.1. The Morgan fingerprint density at radius 3 is 2.22 bits per heavy atom. The van der Waals surface area contributed by atoms with Crippen LogP contribution in [0.25, 0.3) is 11.1 Å². The maximum absolute atomic E-state index is 13.6. The van der Waals surface area contributed by atoms with Crippen molar-refractivity contribution in [3.05, 3.63) is 100 Å². The van der Waals surface area contributed by atoms with Crippen LogP contribution < -0.4 is 4.74 Å². The molecule has 3 aromatic rings. The van der Waals surface area contributed by atoms with E-state index < -0.39 is 0 Å². The van der Waals surface area contributed by atoms with Crippen LogP contribution in [-0.4, -0.2) is 12.4 Å². The van der Waals surface area contributed by atoms with E-state index in [0.717, 1.165) is 47.3 Å². The molecule has 3 aromatic carbocycles. The van der Waals surface area contributed by atoms with Gasteiger partial charge in [-0.1, -0.05) is 66.9 Å². The van der Waals surface area contributed by atoms with Crippen molar-refractivity contribution in [1.82, 2.24) is 0 Å². The van der Waals surface area contributed by atoms with Crippen LogP contribution in [0.5, 0.6) is 5.75 Å². The number of fused-ring (bicyclic) bond motifs is 1. The summed E-state index contributed by atoms with van der Waals surface area (Å²) in [4.78, 5) is 13.6. The van der Waals surface area contributed by atoms with Gasteiger partial charge in [0.2, 0.25) is 0 Å². The van der Waals surface area contributed by atoms with Gasteiger partial charge >= 0.3 is 0 Å². The monoisotopic (exact) mass is 650 g/mol. The Bertz CT molecular complexity index is 1100. The lowest BCUT2D eigenvalue weighted by Crippen LogP contribution is -2.04. The molecule has 0 bridgehead atoms. The number of benzene rings is 3. The molecule has 1 aliphatic carbocycles. The highest BCUT2D eigenvalue weighted by molar-refractivity contribution is 15.0. The van der Waals surface area contributed by atoms with Crippen molar-refractivity contribution in [2.24, 2.45) is 0 Å². The van der Waals surface area contributed by atoms with Gasteiger partial charge in [-0.2, -0.15) is 0 Å². The van der Waals surface area contributed by atoms with E-state index in [1.54, 1.807) is 0 Å². The molecule has 0 unspecified atom stereocenters. The topological polar surface area (TPSA) is 26.3 Å². The minimum absolute atomic E-state index is 0.0771. The number of ketones is 1. The maximum Gasteiger partial charge on any atom is 0.193 e. The van der Waals surface area contributed by atoms with Gasteiger partial charge in [0.05, 0.1) is 6.61 Å². The number of carbonyl (C=O) groups is 1. The molecule has 0 aliphatic heterocycles. The summed E-state index contributed by atoms with van der Waals surface area (Å²) < 4.78 is 5.75. The third-order valence-corrected chi connectivity index (χ3v) is 5.71. The van der Waals surface area contributed by atoms with Gasteiger partial charge in [0, 0.05) is 48.4 Å². The van der Waals surface area contributed by atoms with Crippen molar-refractivity contribution in [3.8, 4) is 5.75 Å². The van der Waals surface area contributed by atoms with Crippen molar-refractivity contribution in [3.63, 3.8) is 0 Å². The molecule has 0 saturated carbocycles. The van der Waals surface area contributed by atoms with Crippen LogP contribution in [-0.2, 0) is 6.42 Å². The Labute approximate surface area is 214 Å². The van der Waals surface area contributed by atoms with Crippen molar-refractivity contribution >= 4 is 54.2 Å². The Balaban J connectivity index is 0.00000141. The number of halogens is 2. The van der Waals surface area contributed by atoms with E-state index in [9.17, 15) is 4.79 Å². The predicted molar refractivity (Wildman–Crippen MR) is 152 cm³/mol. The Morgan fingerprint density at radius 1 is 0.906 bits per heavy atom. The van der Waals surface area contributed by atoms with Crippen LogP contribution in [0, 0.1) is 13.8 Å². The molecule has 0 amide bonds. The summed E-state index contributed by atoms with van der Waals surface area (Å²) in [5.41, 5.74) is 8.50. The van der Waals surface area contributed by atoms with Crippen molar-refractivity contribution in [2.45, 2.75) is 40.0 Å². The lowest BCUT2D eigenvalue weighted by atomic mass is 9.93. The van der Waals surface area contributed by atoms with Crippen LogP contribution in [0.3, 0.4) is 0 Å². The second-order valence-electron chi connectivity index (χ2n) is 8.11. The molecule has 0 heterocycles. The standard InChI is InChI=1S/C28H28O2.I2/c1-4-5-16-30-24-13-11-22(12-14-24)28(29)27-25-15-8-20(3)17-23(25)18-26(27)21-9-6-19(2)7-10-21;1-2/h6-15,17H,4-5,16,18H2,1-3H3;. The number of ether oxygens (including phenoxy) is 1. The number of carbonyl (C=O) groups excluding carboxylic acids is 1. The molecule has 166 valence electrons. The molecule has 0 aromatic heterocycles. The van der Waals surface area contributed by atoms with Crippen LogP contribution in [0.1, 0.15) is 57.9 Å². The molecule has 4 heteroatoms. The fourth-order valence-corrected chi connectivity index (χ4v) is 4.00. The SMILES string of the molecule is CCCCOc1ccc(C(=O)C2=C(c3ccc(C)cc3)Cc3cc(C)ccc32)cc1.II. The first-order chi connectivity index (χ1) is 15.6. The number of hydrogen-bond acceptors (Lipinski definition) is 2. The van der Waals surface area contributed by atoms with E-state index in [-0.39, 0.29) is 5.78 Å². The van der Waals surface area contributed by atoms with Gasteiger partial charge in [0.1, 0.15) is 5.75 Å². The predicted octanol–water partition coefficient (Wildman–Crippen LogP) is 8.60. The molecule has 32 heavy (non-hydrogen) atoms. The molecule has 0 atom stereocenters. The Hall–Kier alpha value is -1.67. The highest BCUT2D eigenvalue weighted by Crippen LogP contribution is 2.40. The zero-order valence-corrected chi connectivity index (χ0v) is 23.1. The second-order valence-corrected chi connectivity index (χ2v) is 8.11. The smallest absolute Gasteiger partial charge is 0.193 e. The number of unbranched alkanes of at least 4 members (excludes halogenated alkanes) is 1. The minimum Gasteiger partial charge on any atom is -0.494 e. The van der Waals surface area contributed by atoms with Crippen molar-refractivity contribution < 1.29 is 9.53 Å². The van der Waals surface area contributed by atoms with Crippen LogP contribution in [0.4, 0.5) is 0 Å². The first-order valence-electron chi connectivity index (χ1n) is 10.9. The number of aryl methyl sites for hydroxylation is 2. The summed E-state index contributed by atoms with van der Waals surface area (Å²) in [5.74, 6) is 0.892. The maximum atomic E-state index is 13.6. The summed E-state index contributed by atoms with van der Waals surface area (Å²) in [6, 6.07) is 22.4. The second kappa shape index (κ2) is 12.0. The highest BCUT2D eigenvalue weighted by Gasteiger charge is 2.28. The number of rotatable bonds is 7. The first kappa shape index (κ1) is 25.0. The highest BCUT2D eigenvalue weighted by atomic mass is 128. The molecule has 0 fully saturated rings. The van der Waals surface area contributed by atoms with Crippen LogP contribution >= 0.6 is 37.2 Å². The quantitative estimate of drug-likeness (QED) is 0.146. The van der Waals surface area contributed by atoms with Gasteiger partial charge < -0.3 is 4.74 Å². The molecule has 4 rings (SSSR count). The molecule has 0 N–H and O–H groups in total. The van der Waals surface area contributed by atoms with E-state index >= 15 is 0 Å². The number of allylic oxidation sites excluding steroid dienone is 2.